The second kappa shape index (κ2) is 10.7. The molecule has 0 unspecified atom stereocenters. The molecule has 0 atom stereocenters. The Morgan fingerprint density at radius 2 is 2.00 bits per heavy atom. The lowest BCUT2D eigenvalue weighted by atomic mass is 10.1. The molecule has 0 aliphatic carbocycles. The molecule has 1 aromatic carbocycles. The monoisotopic (exact) mass is 399 g/mol. The predicted molar refractivity (Wildman–Crippen MR) is 112 cm³/mol. The highest BCUT2D eigenvalue weighted by atomic mass is 16.5. The number of benzene rings is 1. The Balaban J connectivity index is 1.50. The molecule has 29 heavy (non-hydrogen) atoms. The number of hydrogen-bond acceptors (Lipinski definition) is 7. The third-order valence-electron chi connectivity index (χ3n) is 4.77. The number of rotatable bonds is 9. The molecular formula is C21H29N5O3. The fraction of sp³-hybridized carbons (Fsp3) is 0.476. The van der Waals surface area contributed by atoms with Crippen LogP contribution in [0.15, 0.2) is 30.3 Å². The van der Waals surface area contributed by atoms with Gasteiger partial charge in [-0.3, -0.25) is 9.69 Å². The summed E-state index contributed by atoms with van der Waals surface area (Å²) < 4.78 is 10.7. The Morgan fingerprint density at radius 3 is 2.79 bits per heavy atom. The molecule has 0 radical (unpaired) electrons. The quantitative estimate of drug-likeness (QED) is 0.661. The van der Waals surface area contributed by atoms with Crippen molar-refractivity contribution in [2.24, 2.45) is 0 Å². The second-order valence-electron chi connectivity index (χ2n) is 6.92. The Kier molecular flexibility index (Phi) is 7.77. The van der Waals surface area contributed by atoms with Crippen molar-refractivity contribution in [3.8, 4) is 5.75 Å². The van der Waals surface area contributed by atoms with Gasteiger partial charge in [-0.2, -0.15) is 0 Å². The molecule has 3 rings (SSSR count). The van der Waals surface area contributed by atoms with Gasteiger partial charge < -0.3 is 20.1 Å². The number of para-hydroxylation sites is 1. The Morgan fingerprint density at radius 1 is 1.21 bits per heavy atom. The number of nitrogens with zero attached hydrogens (tertiary/aromatic N) is 3. The van der Waals surface area contributed by atoms with Crippen LogP contribution in [0.5, 0.6) is 5.75 Å². The first-order valence-corrected chi connectivity index (χ1v) is 9.95. The number of ether oxygens (including phenoxy) is 2. The zero-order chi connectivity index (χ0) is 20.5. The molecule has 8 nitrogen and oxygen atoms in total. The van der Waals surface area contributed by atoms with Crippen molar-refractivity contribution in [1.29, 1.82) is 0 Å². The Labute approximate surface area is 171 Å². The molecule has 1 fully saturated rings. The van der Waals surface area contributed by atoms with E-state index in [1.807, 2.05) is 31.2 Å². The average molecular weight is 399 g/mol. The average Bonchev–Trinajstić information content (AvgIpc) is 2.74. The van der Waals surface area contributed by atoms with Crippen LogP contribution in [0.4, 0.5) is 5.95 Å². The van der Waals surface area contributed by atoms with Gasteiger partial charge in [0.2, 0.25) is 5.95 Å². The third kappa shape index (κ3) is 6.40. The zero-order valence-electron chi connectivity index (χ0n) is 17.1. The van der Waals surface area contributed by atoms with E-state index in [2.05, 4.69) is 25.5 Å². The molecule has 2 aromatic rings. The predicted octanol–water partition coefficient (Wildman–Crippen LogP) is 1.51. The van der Waals surface area contributed by atoms with Crippen molar-refractivity contribution in [1.82, 2.24) is 20.2 Å². The first-order chi connectivity index (χ1) is 14.2. The van der Waals surface area contributed by atoms with Gasteiger partial charge in [0.15, 0.2) is 0 Å². The van der Waals surface area contributed by atoms with Crippen LogP contribution in [0.25, 0.3) is 0 Å². The highest BCUT2D eigenvalue weighted by Gasteiger charge is 2.12. The van der Waals surface area contributed by atoms with Crippen LogP contribution in [0.3, 0.4) is 0 Å². The lowest BCUT2D eigenvalue weighted by molar-refractivity contribution is 0.0398. The summed E-state index contributed by atoms with van der Waals surface area (Å²) in [6, 6.07) is 9.50. The SMILES string of the molecule is COc1ccccc1CCNC(=O)c1cc(C)nc(NCCN2CCOCC2)n1. The van der Waals surface area contributed by atoms with Gasteiger partial charge in [0, 0.05) is 38.4 Å². The number of carbonyl (C=O) groups excluding carboxylic acids is 1. The van der Waals surface area contributed by atoms with Crippen molar-refractivity contribution in [2.75, 3.05) is 58.4 Å². The molecule has 1 amide bonds. The van der Waals surface area contributed by atoms with E-state index in [1.165, 1.54) is 0 Å². The van der Waals surface area contributed by atoms with Gasteiger partial charge in [-0.15, -0.1) is 0 Å². The minimum atomic E-state index is -0.207. The van der Waals surface area contributed by atoms with E-state index in [4.69, 9.17) is 9.47 Å². The fourth-order valence-electron chi connectivity index (χ4n) is 3.23. The topological polar surface area (TPSA) is 88.6 Å². The molecule has 0 spiro atoms. The maximum Gasteiger partial charge on any atom is 0.270 e. The largest absolute Gasteiger partial charge is 0.496 e. The molecular weight excluding hydrogens is 370 g/mol. The zero-order valence-corrected chi connectivity index (χ0v) is 17.1. The number of aromatic nitrogens is 2. The fourth-order valence-corrected chi connectivity index (χ4v) is 3.23. The van der Waals surface area contributed by atoms with Crippen molar-refractivity contribution < 1.29 is 14.3 Å². The number of hydrogen-bond donors (Lipinski definition) is 2. The van der Waals surface area contributed by atoms with E-state index >= 15 is 0 Å². The van der Waals surface area contributed by atoms with Crippen LogP contribution in [0.2, 0.25) is 0 Å². The van der Waals surface area contributed by atoms with Crippen molar-refractivity contribution in [2.45, 2.75) is 13.3 Å². The van der Waals surface area contributed by atoms with Gasteiger partial charge >= 0.3 is 0 Å². The second-order valence-corrected chi connectivity index (χ2v) is 6.92. The minimum Gasteiger partial charge on any atom is -0.496 e. The number of carbonyl (C=O) groups is 1. The summed E-state index contributed by atoms with van der Waals surface area (Å²) in [7, 11) is 1.65. The molecule has 1 aromatic heterocycles. The van der Waals surface area contributed by atoms with Gasteiger partial charge in [-0.25, -0.2) is 9.97 Å². The lowest BCUT2D eigenvalue weighted by Gasteiger charge is -2.26. The van der Waals surface area contributed by atoms with Gasteiger partial charge in [0.05, 0.1) is 20.3 Å². The lowest BCUT2D eigenvalue weighted by Crippen LogP contribution is -2.39. The Hall–Kier alpha value is -2.71. The summed E-state index contributed by atoms with van der Waals surface area (Å²) in [4.78, 5) is 23.6. The minimum absolute atomic E-state index is 0.207. The Bertz CT molecular complexity index is 809. The van der Waals surface area contributed by atoms with Crippen molar-refractivity contribution >= 4 is 11.9 Å². The molecule has 0 saturated carbocycles. The summed E-state index contributed by atoms with van der Waals surface area (Å²) in [5, 5.41) is 6.15. The summed E-state index contributed by atoms with van der Waals surface area (Å²) in [6.07, 6.45) is 0.685. The molecule has 1 aliphatic heterocycles. The molecule has 1 aliphatic rings. The molecule has 2 heterocycles. The maximum atomic E-state index is 12.5. The van der Waals surface area contributed by atoms with Crippen LogP contribution in [-0.2, 0) is 11.2 Å². The first kappa shape index (κ1) is 21.0. The molecule has 1 saturated heterocycles. The molecule has 156 valence electrons. The van der Waals surface area contributed by atoms with E-state index in [1.54, 1.807) is 13.2 Å². The highest BCUT2D eigenvalue weighted by molar-refractivity contribution is 5.92. The standard InChI is InChI=1S/C21H29N5O3/c1-16-15-18(20(27)22-8-7-17-5-3-4-6-19(17)28-2)25-21(24-16)23-9-10-26-11-13-29-14-12-26/h3-6,15H,7-14H2,1-2H3,(H,22,27)(H,23,24,25). The maximum absolute atomic E-state index is 12.5. The number of morpholine rings is 1. The van der Waals surface area contributed by atoms with Gasteiger partial charge in [-0.05, 0) is 31.0 Å². The van der Waals surface area contributed by atoms with Crippen LogP contribution >= 0.6 is 0 Å². The van der Waals surface area contributed by atoms with E-state index in [9.17, 15) is 4.79 Å². The van der Waals surface area contributed by atoms with E-state index in [-0.39, 0.29) is 5.91 Å². The summed E-state index contributed by atoms with van der Waals surface area (Å²) in [6.45, 7) is 7.41. The number of methoxy groups -OCH3 is 1. The van der Waals surface area contributed by atoms with Crippen molar-refractivity contribution in [3.05, 3.63) is 47.3 Å². The molecule has 0 bridgehead atoms. The highest BCUT2D eigenvalue weighted by Crippen LogP contribution is 2.17. The number of aryl methyl sites for hydroxylation is 1. The summed E-state index contributed by atoms with van der Waals surface area (Å²) >= 11 is 0. The first-order valence-electron chi connectivity index (χ1n) is 9.95. The van der Waals surface area contributed by atoms with E-state index in [0.29, 0.717) is 24.6 Å². The van der Waals surface area contributed by atoms with Gasteiger partial charge in [-0.1, -0.05) is 18.2 Å². The molecule has 8 heteroatoms. The van der Waals surface area contributed by atoms with Crippen LogP contribution in [-0.4, -0.2) is 73.8 Å². The van der Waals surface area contributed by atoms with E-state index < -0.39 is 0 Å². The third-order valence-corrected chi connectivity index (χ3v) is 4.77. The normalized spacial score (nSPS) is 14.4. The number of amides is 1. The number of nitrogens with one attached hydrogen (secondary N) is 2. The summed E-state index contributed by atoms with van der Waals surface area (Å²) in [5.74, 6) is 1.10. The van der Waals surface area contributed by atoms with Gasteiger partial charge in [0.1, 0.15) is 11.4 Å². The van der Waals surface area contributed by atoms with Crippen LogP contribution in [0, 0.1) is 6.92 Å². The van der Waals surface area contributed by atoms with Crippen LogP contribution in [0.1, 0.15) is 21.7 Å². The van der Waals surface area contributed by atoms with Crippen molar-refractivity contribution in [3.63, 3.8) is 0 Å². The molecule has 2 N–H and O–H groups in total. The number of anilines is 1. The van der Waals surface area contributed by atoms with E-state index in [0.717, 1.165) is 56.4 Å². The smallest absolute Gasteiger partial charge is 0.270 e. The summed E-state index contributed by atoms with van der Waals surface area (Å²) in [5.41, 5.74) is 2.18. The van der Waals surface area contributed by atoms with Gasteiger partial charge in [0.25, 0.3) is 5.91 Å². The van der Waals surface area contributed by atoms with Crippen LogP contribution < -0.4 is 15.4 Å².